The Morgan fingerprint density at radius 1 is 1.15 bits per heavy atom. The standard InChI is InChI=1S/C25H29N3O6/c1-16(2)34-20-11-9-17(10-12-20)23(29)21-22(18-7-5-8-19(15-18)28(32)33)27(25(31)24(21)30)14-6-13-26(3)4/h5,7-12,15-16,22,29H,6,13-14H2,1-4H3/b23-21+. The molecule has 1 saturated heterocycles. The highest BCUT2D eigenvalue weighted by atomic mass is 16.6. The van der Waals surface area contributed by atoms with E-state index < -0.39 is 28.4 Å². The molecule has 1 N–H and O–H groups in total. The smallest absolute Gasteiger partial charge is 0.295 e. The van der Waals surface area contributed by atoms with E-state index in [1.54, 1.807) is 30.3 Å². The van der Waals surface area contributed by atoms with E-state index in [0.717, 1.165) is 6.54 Å². The molecule has 3 rings (SSSR count). The topological polar surface area (TPSA) is 117 Å². The van der Waals surface area contributed by atoms with E-state index in [2.05, 4.69) is 0 Å². The molecule has 1 aliphatic heterocycles. The van der Waals surface area contributed by atoms with Crippen LogP contribution in [0.2, 0.25) is 0 Å². The van der Waals surface area contributed by atoms with Crippen molar-refractivity contribution in [2.24, 2.45) is 0 Å². The summed E-state index contributed by atoms with van der Waals surface area (Å²) in [5.74, 6) is -1.64. The largest absolute Gasteiger partial charge is 0.872 e. The van der Waals surface area contributed by atoms with Gasteiger partial charge in [0.05, 0.1) is 37.7 Å². The fraction of sp³-hybridized carbons (Fsp3) is 0.360. The van der Waals surface area contributed by atoms with Gasteiger partial charge in [-0.05, 0) is 37.1 Å². The van der Waals surface area contributed by atoms with Crippen LogP contribution in [-0.4, -0.2) is 54.8 Å². The molecule has 9 nitrogen and oxygen atoms in total. The Morgan fingerprint density at radius 3 is 2.41 bits per heavy atom. The molecular weight excluding hydrogens is 438 g/mol. The van der Waals surface area contributed by atoms with Crippen LogP contribution in [0.5, 0.6) is 5.75 Å². The number of ether oxygens (including phenoxy) is 1. The van der Waals surface area contributed by atoms with Gasteiger partial charge in [-0.25, -0.2) is 0 Å². The van der Waals surface area contributed by atoms with E-state index in [0.29, 0.717) is 17.7 Å². The van der Waals surface area contributed by atoms with Gasteiger partial charge in [-0.1, -0.05) is 30.0 Å². The maximum absolute atomic E-state index is 13.5. The molecule has 1 unspecified atom stereocenters. The number of nitrogens with one attached hydrogen (secondary N) is 1. The molecule has 1 atom stereocenters. The molecule has 2 aromatic carbocycles. The first-order chi connectivity index (χ1) is 16.1. The fourth-order valence-corrected chi connectivity index (χ4v) is 3.97. The van der Waals surface area contributed by atoms with Crippen LogP contribution in [0, 0.1) is 10.1 Å². The molecule has 1 aliphatic rings. The normalized spacial score (nSPS) is 17.6. The van der Waals surface area contributed by atoms with Gasteiger partial charge < -0.3 is 19.6 Å². The predicted octanol–water partition coefficient (Wildman–Crippen LogP) is 1.14. The number of carbonyl (C=O) groups excluding carboxylic acids is 2. The number of carbonyl (C=O) groups is 2. The minimum absolute atomic E-state index is 0.0410. The molecule has 0 bridgehead atoms. The van der Waals surface area contributed by atoms with Gasteiger partial charge in [0.15, 0.2) is 0 Å². The molecule has 2 aromatic rings. The first-order valence-electron chi connectivity index (χ1n) is 11.2. The van der Waals surface area contributed by atoms with Crippen LogP contribution in [0.25, 0.3) is 5.76 Å². The third-order valence-electron chi connectivity index (χ3n) is 5.49. The van der Waals surface area contributed by atoms with Crippen LogP contribution < -0.4 is 14.7 Å². The van der Waals surface area contributed by atoms with Crippen molar-refractivity contribution in [2.45, 2.75) is 32.4 Å². The first kappa shape index (κ1) is 24.9. The second kappa shape index (κ2) is 10.5. The monoisotopic (exact) mass is 467 g/mol. The Bertz CT molecular complexity index is 1110. The summed E-state index contributed by atoms with van der Waals surface area (Å²) in [7, 11) is 3.95. The zero-order valence-corrected chi connectivity index (χ0v) is 19.7. The number of rotatable bonds is 9. The highest BCUT2D eigenvalue weighted by Gasteiger charge is 2.44. The molecule has 0 saturated carbocycles. The van der Waals surface area contributed by atoms with Gasteiger partial charge in [0.25, 0.3) is 11.6 Å². The number of nitrogens with zero attached hydrogens (tertiary/aromatic N) is 2. The van der Waals surface area contributed by atoms with Gasteiger partial charge in [-0.2, -0.15) is 0 Å². The summed E-state index contributed by atoms with van der Waals surface area (Å²) in [5.41, 5.74) is 0.222. The number of benzene rings is 2. The van der Waals surface area contributed by atoms with Crippen molar-refractivity contribution in [3.05, 3.63) is 75.3 Å². The summed E-state index contributed by atoms with van der Waals surface area (Å²) in [6.07, 6.45) is 0.566. The highest BCUT2D eigenvalue weighted by molar-refractivity contribution is 6.46. The lowest BCUT2D eigenvalue weighted by molar-refractivity contribution is -0.858. The van der Waals surface area contributed by atoms with Crippen LogP contribution >= 0.6 is 0 Å². The number of quaternary nitrogens is 1. The number of Topliss-reactive ketones (excluding diaryl/α,β-unsaturated/α-hetero) is 1. The zero-order chi connectivity index (χ0) is 25.0. The number of nitro benzene ring substituents is 1. The molecule has 9 heteroatoms. The van der Waals surface area contributed by atoms with Crippen molar-refractivity contribution in [1.82, 2.24) is 4.90 Å². The van der Waals surface area contributed by atoms with Gasteiger partial charge in [0, 0.05) is 30.7 Å². The summed E-state index contributed by atoms with van der Waals surface area (Å²) in [6.45, 7) is 4.77. The van der Waals surface area contributed by atoms with Crippen LogP contribution in [0.4, 0.5) is 5.69 Å². The molecule has 34 heavy (non-hydrogen) atoms. The quantitative estimate of drug-likeness (QED) is 0.194. The number of non-ortho nitro benzene ring substituents is 1. The Labute approximate surface area is 198 Å². The number of likely N-dealkylation sites (tertiary alicyclic amines) is 1. The van der Waals surface area contributed by atoms with E-state index in [1.165, 1.54) is 28.0 Å². The van der Waals surface area contributed by atoms with Gasteiger partial charge in [0.1, 0.15) is 5.75 Å². The van der Waals surface area contributed by atoms with Gasteiger partial charge >= 0.3 is 0 Å². The molecule has 1 heterocycles. The Morgan fingerprint density at radius 2 is 1.82 bits per heavy atom. The van der Waals surface area contributed by atoms with Crippen molar-refractivity contribution in [1.29, 1.82) is 0 Å². The molecule has 0 radical (unpaired) electrons. The number of nitro groups is 1. The fourth-order valence-electron chi connectivity index (χ4n) is 3.97. The zero-order valence-electron chi connectivity index (χ0n) is 19.7. The lowest BCUT2D eigenvalue weighted by Crippen LogP contribution is -3.05. The van der Waals surface area contributed by atoms with E-state index in [9.17, 15) is 24.8 Å². The Balaban J connectivity index is 2.08. The molecular formula is C25H29N3O6. The second-order valence-corrected chi connectivity index (χ2v) is 8.83. The minimum atomic E-state index is -0.990. The first-order valence-corrected chi connectivity index (χ1v) is 11.2. The van der Waals surface area contributed by atoms with Crippen molar-refractivity contribution >= 4 is 23.1 Å². The van der Waals surface area contributed by atoms with Crippen molar-refractivity contribution < 1.29 is 29.3 Å². The molecule has 0 spiro atoms. The SMILES string of the molecule is CC(C)Oc1ccc(/C([O-])=C2\C(=O)C(=O)N(CCC[NH+](C)C)C2c2cccc([N+](=O)[O-])c2)cc1. The number of amides is 1. The molecule has 180 valence electrons. The lowest BCUT2D eigenvalue weighted by atomic mass is 9.95. The van der Waals surface area contributed by atoms with Crippen molar-refractivity contribution in [3.8, 4) is 5.75 Å². The van der Waals surface area contributed by atoms with Gasteiger partial charge in [-0.3, -0.25) is 19.7 Å². The number of ketones is 1. The average Bonchev–Trinajstić information content (AvgIpc) is 3.03. The van der Waals surface area contributed by atoms with E-state index in [1.807, 2.05) is 27.9 Å². The second-order valence-electron chi connectivity index (χ2n) is 8.83. The highest BCUT2D eigenvalue weighted by Crippen LogP contribution is 2.39. The summed E-state index contributed by atoms with van der Waals surface area (Å²) in [5, 5.41) is 24.8. The molecule has 0 aromatic heterocycles. The maximum Gasteiger partial charge on any atom is 0.295 e. The van der Waals surface area contributed by atoms with Crippen molar-refractivity contribution in [2.75, 3.05) is 27.2 Å². The predicted molar refractivity (Wildman–Crippen MR) is 124 cm³/mol. The van der Waals surface area contributed by atoms with E-state index in [-0.39, 0.29) is 29.5 Å². The van der Waals surface area contributed by atoms with Gasteiger partial charge in [-0.15, -0.1) is 0 Å². The lowest BCUT2D eigenvalue weighted by Gasteiger charge is -2.27. The Kier molecular flexibility index (Phi) is 7.68. The number of hydrogen-bond donors (Lipinski definition) is 1. The summed E-state index contributed by atoms with van der Waals surface area (Å²) < 4.78 is 5.61. The summed E-state index contributed by atoms with van der Waals surface area (Å²) in [4.78, 5) is 39.3. The van der Waals surface area contributed by atoms with Crippen LogP contribution in [0.3, 0.4) is 0 Å². The van der Waals surface area contributed by atoms with Crippen LogP contribution in [0.1, 0.15) is 37.4 Å². The van der Waals surface area contributed by atoms with Crippen LogP contribution in [0.15, 0.2) is 54.1 Å². The third kappa shape index (κ3) is 5.43. The summed E-state index contributed by atoms with van der Waals surface area (Å²) in [6, 6.07) is 11.1. The summed E-state index contributed by atoms with van der Waals surface area (Å²) >= 11 is 0. The minimum Gasteiger partial charge on any atom is -0.872 e. The van der Waals surface area contributed by atoms with Crippen molar-refractivity contribution in [3.63, 3.8) is 0 Å². The Hall–Kier alpha value is -3.72. The van der Waals surface area contributed by atoms with Crippen LogP contribution in [-0.2, 0) is 9.59 Å². The average molecular weight is 468 g/mol. The molecule has 1 fully saturated rings. The maximum atomic E-state index is 13.5. The van der Waals surface area contributed by atoms with E-state index >= 15 is 0 Å². The third-order valence-corrected chi connectivity index (χ3v) is 5.49. The molecule has 1 amide bonds. The van der Waals surface area contributed by atoms with E-state index in [4.69, 9.17) is 4.74 Å². The number of hydrogen-bond acceptors (Lipinski definition) is 6. The molecule has 0 aliphatic carbocycles. The van der Waals surface area contributed by atoms with Gasteiger partial charge in [0.2, 0.25) is 5.78 Å².